The van der Waals surface area contributed by atoms with Crippen molar-refractivity contribution in [1.29, 1.82) is 0 Å². The van der Waals surface area contributed by atoms with Crippen LogP contribution in [0.3, 0.4) is 0 Å². The van der Waals surface area contributed by atoms with Gasteiger partial charge in [0.2, 0.25) is 0 Å². The molecule has 1 N–H and O–H groups in total. The average Bonchev–Trinajstić information content (AvgIpc) is 2.45. The number of nitrogens with one attached hydrogen (secondary N) is 1. The predicted octanol–water partition coefficient (Wildman–Crippen LogP) is 4.32. The summed E-state index contributed by atoms with van der Waals surface area (Å²) in [6.45, 7) is 2.11. The van der Waals surface area contributed by atoms with Crippen LogP contribution in [0.2, 0.25) is 0 Å². The van der Waals surface area contributed by atoms with Gasteiger partial charge in [0.15, 0.2) is 0 Å². The van der Waals surface area contributed by atoms with Crippen molar-refractivity contribution in [2.24, 2.45) is 16.1 Å². The van der Waals surface area contributed by atoms with Crippen molar-refractivity contribution in [1.82, 2.24) is 5.32 Å². The Hall–Kier alpha value is -1.42. The highest BCUT2D eigenvalue weighted by molar-refractivity contribution is 4.72. The van der Waals surface area contributed by atoms with Crippen molar-refractivity contribution in [2.45, 2.75) is 57.4 Å². The van der Waals surface area contributed by atoms with Gasteiger partial charge in [-0.3, -0.25) is 0 Å². The zero-order valence-corrected chi connectivity index (χ0v) is 12.1. The van der Waals surface area contributed by atoms with Crippen LogP contribution in [0.25, 0.3) is 20.9 Å². The first-order chi connectivity index (χ1) is 9.86. The van der Waals surface area contributed by atoms with Gasteiger partial charge in [-0.15, -0.1) is 0 Å². The summed E-state index contributed by atoms with van der Waals surface area (Å²) in [6.07, 6.45) is 9.30. The van der Waals surface area contributed by atoms with E-state index in [9.17, 15) is 0 Å². The van der Waals surface area contributed by atoms with Crippen molar-refractivity contribution in [3.63, 3.8) is 0 Å². The van der Waals surface area contributed by atoms with E-state index in [4.69, 9.17) is 11.1 Å². The molecule has 0 aromatic rings. The zero-order valence-electron chi connectivity index (χ0n) is 12.1. The summed E-state index contributed by atoms with van der Waals surface area (Å²) < 4.78 is 0. The number of nitrogens with zero attached hydrogens (tertiary/aromatic N) is 6. The minimum atomic E-state index is 0.306. The highest BCUT2D eigenvalue weighted by atomic mass is 15.1. The maximum Gasteiger partial charge on any atom is 0.0412 e. The molecule has 112 valence electrons. The fourth-order valence-electron chi connectivity index (χ4n) is 2.75. The highest BCUT2D eigenvalue weighted by Gasteiger charge is 2.11. The maximum atomic E-state index is 8.43. The largest absolute Gasteiger partial charge is 0.314 e. The molecule has 0 aromatic carbocycles. The van der Waals surface area contributed by atoms with Crippen molar-refractivity contribution < 1.29 is 0 Å². The summed E-state index contributed by atoms with van der Waals surface area (Å²) in [7, 11) is 0. The molecule has 0 amide bonds. The van der Waals surface area contributed by atoms with Gasteiger partial charge in [0.05, 0.1) is 0 Å². The van der Waals surface area contributed by atoms with E-state index in [2.05, 4.69) is 25.4 Å². The fourth-order valence-corrected chi connectivity index (χ4v) is 2.75. The van der Waals surface area contributed by atoms with Crippen molar-refractivity contribution in [3.8, 4) is 0 Å². The average molecular weight is 279 g/mol. The van der Waals surface area contributed by atoms with Gasteiger partial charge in [-0.1, -0.05) is 42.3 Å². The Bertz CT molecular complexity index is 311. The molecule has 7 nitrogen and oxygen atoms in total. The van der Waals surface area contributed by atoms with Crippen LogP contribution in [0, 0.1) is 5.92 Å². The Kier molecular flexibility index (Phi) is 9.49. The molecule has 1 saturated heterocycles. The SMILES string of the molecule is [N-]=[N+]=NCC1CCCCCCC(CN=[N+]=[N-])NCCC1. The van der Waals surface area contributed by atoms with E-state index < -0.39 is 0 Å². The maximum absolute atomic E-state index is 8.43. The third-order valence-corrected chi connectivity index (χ3v) is 3.91. The second kappa shape index (κ2) is 11.4. The van der Waals surface area contributed by atoms with Gasteiger partial charge in [-0.25, -0.2) is 0 Å². The minimum Gasteiger partial charge on any atom is -0.314 e. The van der Waals surface area contributed by atoms with Crippen LogP contribution in [0.15, 0.2) is 10.2 Å². The molecular weight excluding hydrogens is 254 g/mol. The number of azide groups is 2. The summed E-state index contributed by atoms with van der Waals surface area (Å²) >= 11 is 0. The summed E-state index contributed by atoms with van der Waals surface area (Å²) in [5.74, 6) is 0.516. The van der Waals surface area contributed by atoms with Crippen LogP contribution in [0.5, 0.6) is 0 Å². The highest BCUT2D eigenvalue weighted by Crippen LogP contribution is 2.18. The minimum absolute atomic E-state index is 0.306. The fraction of sp³-hybridized carbons (Fsp3) is 1.00. The van der Waals surface area contributed by atoms with E-state index in [1.54, 1.807) is 0 Å². The summed E-state index contributed by atoms with van der Waals surface area (Å²) in [6, 6.07) is 0.306. The first kappa shape index (κ1) is 16.6. The third kappa shape index (κ3) is 7.89. The normalized spacial score (nSPS) is 25.4. The van der Waals surface area contributed by atoms with Gasteiger partial charge in [-0.2, -0.15) is 0 Å². The zero-order chi connectivity index (χ0) is 14.5. The molecule has 0 aromatic heterocycles. The van der Waals surface area contributed by atoms with E-state index in [-0.39, 0.29) is 0 Å². The molecule has 2 atom stereocenters. The molecule has 0 saturated carbocycles. The molecule has 7 heteroatoms. The smallest absolute Gasteiger partial charge is 0.0412 e. The van der Waals surface area contributed by atoms with Crippen LogP contribution in [0.4, 0.5) is 0 Å². The molecule has 1 fully saturated rings. The van der Waals surface area contributed by atoms with E-state index in [1.165, 1.54) is 32.1 Å². The molecule has 1 heterocycles. The Morgan fingerprint density at radius 2 is 1.50 bits per heavy atom. The second-order valence-corrected chi connectivity index (χ2v) is 5.48. The molecule has 1 aliphatic rings. The van der Waals surface area contributed by atoms with Crippen molar-refractivity contribution >= 4 is 0 Å². The predicted molar refractivity (Wildman–Crippen MR) is 80.2 cm³/mol. The second-order valence-electron chi connectivity index (χ2n) is 5.48. The van der Waals surface area contributed by atoms with E-state index in [0.717, 1.165) is 25.8 Å². The number of rotatable bonds is 4. The van der Waals surface area contributed by atoms with Crippen LogP contribution in [0.1, 0.15) is 51.4 Å². The molecule has 0 aliphatic carbocycles. The summed E-state index contributed by atoms with van der Waals surface area (Å²) in [5.41, 5.74) is 16.8. The van der Waals surface area contributed by atoms with E-state index >= 15 is 0 Å². The molecule has 2 unspecified atom stereocenters. The van der Waals surface area contributed by atoms with Crippen LogP contribution < -0.4 is 5.32 Å². The topological polar surface area (TPSA) is 110 Å². The summed E-state index contributed by atoms with van der Waals surface area (Å²) in [5, 5.41) is 10.9. The van der Waals surface area contributed by atoms with Crippen LogP contribution in [-0.4, -0.2) is 25.7 Å². The van der Waals surface area contributed by atoms with Gasteiger partial charge in [-0.05, 0) is 42.8 Å². The van der Waals surface area contributed by atoms with Crippen LogP contribution >= 0.6 is 0 Å². The first-order valence-corrected chi connectivity index (χ1v) is 7.62. The summed E-state index contributed by atoms with van der Waals surface area (Å²) in [4.78, 5) is 5.71. The molecule has 0 spiro atoms. The lowest BCUT2D eigenvalue weighted by Crippen LogP contribution is -2.33. The third-order valence-electron chi connectivity index (χ3n) is 3.91. The molecular formula is C13H25N7. The van der Waals surface area contributed by atoms with Gasteiger partial charge < -0.3 is 5.32 Å². The number of hydrogen-bond acceptors (Lipinski definition) is 3. The molecule has 20 heavy (non-hydrogen) atoms. The quantitative estimate of drug-likeness (QED) is 0.461. The van der Waals surface area contributed by atoms with Crippen LogP contribution in [-0.2, 0) is 0 Å². The standard InChI is InChI=1S/C13H25N7/c14-19-17-10-12-6-3-1-2-4-8-13(11-18-20-15)16-9-5-7-12/h12-13,16H,1-11H2. The Morgan fingerprint density at radius 1 is 0.850 bits per heavy atom. The Labute approximate surface area is 120 Å². The monoisotopic (exact) mass is 279 g/mol. The molecule has 0 radical (unpaired) electrons. The van der Waals surface area contributed by atoms with Gasteiger partial charge in [0, 0.05) is 29.0 Å². The number of hydrogen-bond donors (Lipinski definition) is 1. The van der Waals surface area contributed by atoms with Crippen molar-refractivity contribution in [2.75, 3.05) is 19.6 Å². The molecule has 0 bridgehead atoms. The Balaban J connectivity index is 2.41. The van der Waals surface area contributed by atoms with E-state index in [0.29, 0.717) is 25.0 Å². The van der Waals surface area contributed by atoms with Crippen molar-refractivity contribution in [3.05, 3.63) is 20.9 Å². The lowest BCUT2D eigenvalue weighted by atomic mass is 9.94. The molecule has 1 aliphatic heterocycles. The van der Waals surface area contributed by atoms with Gasteiger partial charge in [0.1, 0.15) is 0 Å². The van der Waals surface area contributed by atoms with Gasteiger partial charge >= 0.3 is 0 Å². The van der Waals surface area contributed by atoms with Gasteiger partial charge in [0.25, 0.3) is 0 Å². The first-order valence-electron chi connectivity index (χ1n) is 7.62. The molecule has 1 rings (SSSR count). The van der Waals surface area contributed by atoms with E-state index in [1.807, 2.05) is 0 Å². The lowest BCUT2D eigenvalue weighted by molar-refractivity contribution is 0.383. The Morgan fingerprint density at radius 3 is 2.25 bits per heavy atom. The lowest BCUT2D eigenvalue weighted by Gasteiger charge is -2.20.